The van der Waals surface area contributed by atoms with Gasteiger partial charge in [0.15, 0.2) is 0 Å². The molecule has 1 saturated heterocycles. The first-order chi connectivity index (χ1) is 18.2. The van der Waals surface area contributed by atoms with E-state index in [1.165, 1.54) is 4.57 Å². The number of hydrogen-bond donors (Lipinski definition) is 2. The summed E-state index contributed by atoms with van der Waals surface area (Å²) in [4.78, 5) is 0. The molecule has 0 unspecified atom stereocenters. The summed E-state index contributed by atoms with van der Waals surface area (Å²) >= 11 is 0. The molecule has 7 heteroatoms. The molecule has 38 heavy (non-hydrogen) atoms. The van der Waals surface area contributed by atoms with Crippen LogP contribution in [-0.2, 0) is 15.9 Å². The number of benzene rings is 3. The van der Waals surface area contributed by atoms with E-state index in [1.54, 1.807) is 12.1 Å². The molecule has 0 spiro atoms. The minimum absolute atomic E-state index is 0.0457. The molecule has 3 heterocycles. The van der Waals surface area contributed by atoms with Crippen molar-refractivity contribution in [1.82, 2.24) is 4.57 Å². The molecule has 190 valence electrons. The second kappa shape index (κ2) is 8.28. The lowest BCUT2D eigenvalue weighted by Gasteiger charge is -2.26. The third kappa shape index (κ3) is 3.22. The van der Waals surface area contributed by atoms with Crippen molar-refractivity contribution in [1.29, 1.82) is 10.5 Å². The number of aromatic nitrogens is 1. The summed E-state index contributed by atoms with van der Waals surface area (Å²) in [7, 11) is 0. The van der Waals surface area contributed by atoms with E-state index in [-0.39, 0.29) is 11.8 Å². The first kappa shape index (κ1) is 23.9. The molecule has 2 atom stereocenters. The van der Waals surface area contributed by atoms with Crippen LogP contribution in [0.2, 0.25) is 0 Å². The van der Waals surface area contributed by atoms with Gasteiger partial charge in [0.25, 0.3) is 0 Å². The van der Waals surface area contributed by atoms with Crippen molar-refractivity contribution in [3.63, 3.8) is 0 Å². The first-order valence-corrected chi connectivity index (χ1v) is 12.7. The van der Waals surface area contributed by atoms with Crippen molar-refractivity contribution in [2.45, 2.75) is 51.2 Å². The summed E-state index contributed by atoms with van der Waals surface area (Å²) in [6, 6.07) is 19.1. The molecule has 4 aromatic rings. The Bertz CT molecular complexity index is 1700. The number of fused-ring (bicyclic) bond motifs is 6. The Morgan fingerprint density at radius 2 is 1.63 bits per heavy atom. The van der Waals surface area contributed by atoms with Gasteiger partial charge in [0.05, 0.1) is 52.3 Å². The van der Waals surface area contributed by atoms with Crippen LogP contribution < -0.4 is 4.74 Å². The number of aromatic hydroxyl groups is 2. The highest BCUT2D eigenvalue weighted by molar-refractivity contribution is 5.95. The fourth-order valence-electron chi connectivity index (χ4n) is 6.43. The van der Waals surface area contributed by atoms with E-state index in [0.29, 0.717) is 59.6 Å². The maximum atomic E-state index is 11.6. The number of ether oxygens (including phenoxy) is 2. The quantitative estimate of drug-likeness (QED) is 0.339. The zero-order chi connectivity index (χ0) is 26.8. The van der Waals surface area contributed by atoms with Crippen LogP contribution in [0, 0.1) is 36.5 Å². The highest BCUT2D eigenvalue weighted by atomic mass is 16.5. The molecule has 0 radical (unpaired) electrons. The standard InChI is InChI=1S/C31H27N3O4/c1-18-14-21(15-19(2)24(18)17-33)37-13-12-31-11-10-30(3,38-31)26-27(31)29(36)34(28(26)35)25-9-8-20(16-32)22-6-4-5-7-23(22)25/h4-9,14-15,35-36H,10-13H2,1-3H3/t30-,31-/m0/s1. The third-order valence-corrected chi connectivity index (χ3v) is 8.19. The van der Waals surface area contributed by atoms with Crippen LogP contribution in [0.5, 0.6) is 17.5 Å². The molecule has 2 aliphatic heterocycles. The van der Waals surface area contributed by atoms with E-state index in [4.69, 9.17) is 9.47 Å². The van der Waals surface area contributed by atoms with Gasteiger partial charge in [0.2, 0.25) is 11.8 Å². The Hall–Kier alpha value is -4.46. The SMILES string of the molecule is Cc1cc(OCC[C@]23CC[C@](C)(O2)c2c3c(O)n(-c3ccc(C#N)c4ccccc34)c2O)cc(C)c1C#N. The summed E-state index contributed by atoms with van der Waals surface area (Å²) in [6.07, 6.45) is 1.88. The van der Waals surface area contributed by atoms with Crippen LogP contribution in [0.25, 0.3) is 16.5 Å². The van der Waals surface area contributed by atoms with Gasteiger partial charge in [-0.3, -0.25) is 4.57 Å². The molecular weight excluding hydrogens is 478 g/mol. The average Bonchev–Trinajstić information content (AvgIpc) is 3.47. The van der Waals surface area contributed by atoms with E-state index in [0.717, 1.165) is 21.9 Å². The van der Waals surface area contributed by atoms with E-state index in [2.05, 4.69) is 12.1 Å². The van der Waals surface area contributed by atoms with Gasteiger partial charge in [-0.2, -0.15) is 10.5 Å². The monoisotopic (exact) mass is 505 g/mol. The maximum Gasteiger partial charge on any atom is 0.205 e. The highest BCUT2D eigenvalue weighted by Gasteiger charge is 2.61. The van der Waals surface area contributed by atoms with Gasteiger partial charge >= 0.3 is 0 Å². The van der Waals surface area contributed by atoms with Crippen molar-refractivity contribution in [2.24, 2.45) is 0 Å². The lowest BCUT2D eigenvalue weighted by Crippen LogP contribution is -2.25. The van der Waals surface area contributed by atoms with Crippen molar-refractivity contribution >= 4 is 10.8 Å². The topological polar surface area (TPSA) is 111 Å². The first-order valence-electron chi connectivity index (χ1n) is 12.7. The van der Waals surface area contributed by atoms with Crippen LogP contribution in [0.15, 0.2) is 48.5 Å². The number of nitriles is 2. The predicted molar refractivity (Wildman–Crippen MR) is 141 cm³/mol. The van der Waals surface area contributed by atoms with Crippen LogP contribution in [0.3, 0.4) is 0 Å². The number of aryl methyl sites for hydroxylation is 2. The van der Waals surface area contributed by atoms with Crippen LogP contribution in [0.4, 0.5) is 0 Å². The Kier molecular flexibility index (Phi) is 5.21. The number of rotatable bonds is 5. The molecule has 1 fully saturated rings. The van der Waals surface area contributed by atoms with Gasteiger partial charge in [0, 0.05) is 17.2 Å². The highest BCUT2D eigenvalue weighted by Crippen LogP contribution is 2.65. The molecule has 1 aromatic heterocycles. The van der Waals surface area contributed by atoms with Crippen LogP contribution >= 0.6 is 0 Å². The second-order valence-electron chi connectivity index (χ2n) is 10.5. The van der Waals surface area contributed by atoms with Gasteiger partial charge in [-0.05, 0) is 69.0 Å². The smallest absolute Gasteiger partial charge is 0.205 e. The van der Waals surface area contributed by atoms with E-state index >= 15 is 0 Å². The number of nitrogens with zero attached hydrogens (tertiary/aromatic N) is 3. The minimum Gasteiger partial charge on any atom is -0.494 e. The Labute approximate surface area is 220 Å². The van der Waals surface area contributed by atoms with Crippen molar-refractivity contribution in [3.05, 3.63) is 81.9 Å². The van der Waals surface area contributed by atoms with Crippen molar-refractivity contribution < 1.29 is 19.7 Å². The Balaban J connectivity index is 1.39. The second-order valence-corrected chi connectivity index (χ2v) is 10.5. The average molecular weight is 506 g/mol. The molecule has 0 amide bonds. The summed E-state index contributed by atoms with van der Waals surface area (Å²) in [5.41, 5.74) is 3.20. The molecular formula is C31H27N3O4. The summed E-state index contributed by atoms with van der Waals surface area (Å²) < 4.78 is 14.1. The van der Waals surface area contributed by atoms with Gasteiger partial charge in [-0.15, -0.1) is 0 Å². The normalized spacial score (nSPS) is 21.3. The van der Waals surface area contributed by atoms with E-state index in [9.17, 15) is 20.7 Å². The summed E-state index contributed by atoms with van der Waals surface area (Å²) in [5, 5.41) is 43.5. The zero-order valence-corrected chi connectivity index (χ0v) is 21.5. The van der Waals surface area contributed by atoms with Gasteiger partial charge < -0.3 is 19.7 Å². The molecule has 0 aliphatic carbocycles. The van der Waals surface area contributed by atoms with Gasteiger partial charge in [-0.25, -0.2) is 0 Å². The Morgan fingerprint density at radius 3 is 2.32 bits per heavy atom. The zero-order valence-electron chi connectivity index (χ0n) is 21.5. The molecule has 6 rings (SSSR count). The molecule has 7 nitrogen and oxygen atoms in total. The van der Waals surface area contributed by atoms with E-state index < -0.39 is 11.2 Å². The van der Waals surface area contributed by atoms with Gasteiger partial charge in [0.1, 0.15) is 11.4 Å². The van der Waals surface area contributed by atoms with Crippen LogP contribution in [0.1, 0.15) is 59.6 Å². The summed E-state index contributed by atoms with van der Waals surface area (Å²) in [6.45, 7) is 6.07. The minimum atomic E-state index is -0.796. The fourth-order valence-corrected chi connectivity index (χ4v) is 6.43. The van der Waals surface area contributed by atoms with Crippen LogP contribution in [-0.4, -0.2) is 21.4 Å². The van der Waals surface area contributed by atoms with Crippen molar-refractivity contribution in [2.75, 3.05) is 6.61 Å². The number of hydrogen-bond acceptors (Lipinski definition) is 6. The molecule has 2 aliphatic rings. The van der Waals surface area contributed by atoms with E-state index in [1.807, 2.05) is 57.2 Å². The largest absolute Gasteiger partial charge is 0.494 e. The fraction of sp³-hybridized carbons (Fsp3) is 0.290. The lowest BCUT2D eigenvalue weighted by atomic mass is 9.78. The van der Waals surface area contributed by atoms with Gasteiger partial charge in [-0.1, -0.05) is 24.3 Å². The lowest BCUT2D eigenvalue weighted by molar-refractivity contribution is -0.0876. The third-order valence-electron chi connectivity index (χ3n) is 8.19. The molecule has 2 bridgehead atoms. The Morgan fingerprint density at radius 1 is 0.947 bits per heavy atom. The molecule has 0 saturated carbocycles. The predicted octanol–water partition coefficient (Wildman–Crippen LogP) is 6.11. The molecule has 2 N–H and O–H groups in total. The molecule has 3 aromatic carbocycles. The summed E-state index contributed by atoms with van der Waals surface area (Å²) in [5.74, 6) is 0.583. The van der Waals surface area contributed by atoms with Crippen molar-refractivity contribution in [3.8, 4) is 35.3 Å². The maximum absolute atomic E-state index is 11.6.